The fourth-order valence-corrected chi connectivity index (χ4v) is 3.80. The first-order valence-corrected chi connectivity index (χ1v) is 8.75. The van der Waals surface area contributed by atoms with Gasteiger partial charge < -0.3 is 14.3 Å². The quantitative estimate of drug-likeness (QED) is 0.740. The summed E-state index contributed by atoms with van der Waals surface area (Å²) in [6.07, 6.45) is 0.0698. The molecule has 1 fully saturated rings. The molecule has 0 aliphatic carbocycles. The lowest BCUT2D eigenvalue weighted by Crippen LogP contribution is -2.37. The number of ether oxygens (including phenoxy) is 1. The van der Waals surface area contributed by atoms with Crippen LogP contribution in [0.15, 0.2) is 50.3 Å². The van der Waals surface area contributed by atoms with Crippen LogP contribution in [0.25, 0.3) is 11.0 Å². The Kier molecular flexibility index (Phi) is 4.10. The van der Waals surface area contributed by atoms with Gasteiger partial charge in [-0.15, -0.1) is 0 Å². The van der Waals surface area contributed by atoms with Crippen molar-refractivity contribution in [2.24, 2.45) is 0 Å². The van der Waals surface area contributed by atoms with Gasteiger partial charge in [0.15, 0.2) is 0 Å². The molecular formula is C18H17NO4S. The molecule has 1 aliphatic rings. The molecule has 3 heterocycles. The van der Waals surface area contributed by atoms with E-state index in [4.69, 9.17) is 9.15 Å². The van der Waals surface area contributed by atoms with E-state index in [0.717, 1.165) is 24.0 Å². The molecule has 3 aromatic rings. The molecular weight excluding hydrogens is 326 g/mol. The van der Waals surface area contributed by atoms with E-state index in [1.165, 1.54) is 17.7 Å². The number of phenols is 1. The standard InChI is InChI=1S/C18H17NO4S/c20-14-1-2-15-13(7-18(21)23-16(15)8-14)9-19-4-5-22-17(10-19)12-3-6-24-11-12/h1-3,6-8,11,17,20H,4-5,9-10H2. The van der Waals surface area contributed by atoms with Crippen LogP contribution in [0.4, 0.5) is 0 Å². The molecule has 1 atom stereocenters. The summed E-state index contributed by atoms with van der Waals surface area (Å²) >= 11 is 1.67. The van der Waals surface area contributed by atoms with Crippen LogP contribution in [0.1, 0.15) is 17.2 Å². The summed E-state index contributed by atoms with van der Waals surface area (Å²) in [5, 5.41) is 14.6. The average Bonchev–Trinajstić information content (AvgIpc) is 3.09. The van der Waals surface area contributed by atoms with Gasteiger partial charge >= 0.3 is 5.63 Å². The van der Waals surface area contributed by atoms with Gasteiger partial charge in [0.2, 0.25) is 0 Å². The predicted molar refractivity (Wildman–Crippen MR) is 92.4 cm³/mol. The van der Waals surface area contributed by atoms with E-state index in [0.29, 0.717) is 18.7 Å². The van der Waals surface area contributed by atoms with Gasteiger partial charge in [-0.3, -0.25) is 4.90 Å². The number of aromatic hydroxyl groups is 1. The first-order chi connectivity index (χ1) is 11.7. The summed E-state index contributed by atoms with van der Waals surface area (Å²) in [5.41, 5.74) is 2.13. The van der Waals surface area contributed by atoms with E-state index in [1.54, 1.807) is 23.5 Å². The molecule has 24 heavy (non-hydrogen) atoms. The van der Waals surface area contributed by atoms with Crippen molar-refractivity contribution >= 4 is 22.3 Å². The summed E-state index contributed by atoms with van der Waals surface area (Å²) < 4.78 is 11.1. The van der Waals surface area contributed by atoms with E-state index in [2.05, 4.69) is 21.7 Å². The monoisotopic (exact) mass is 343 g/mol. The number of phenolic OH excluding ortho intramolecular Hbond substituents is 1. The molecule has 1 aliphatic heterocycles. The highest BCUT2D eigenvalue weighted by Gasteiger charge is 2.23. The van der Waals surface area contributed by atoms with Gasteiger partial charge in [0.1, 0.15) is 11.3 Å². The van der Waals surface area contributed by atoms with Gasteiger partial charge in [-0.25, -0.2) is 4.79 Å². The van der Waals surface area contributed by atoms with Gasteiger partial charge in [-0.2, -0.15) is 11.3 Å². The minimum atomic E-state index is -0.397. The van der Waals surface area contributed by atoms with Crippen LogP contribution in [0.3, 0.4) is 0 Å². The lowest BCUT2D eigenvalue weighted by Gasteiger charge is -2.32. The zero-order chi connectivity index (χ0) is 16.5. The Morgan fingerprint density at radius 3 is 3.04 bits per heavy atom. The second-order valence-electron chi connectivity index (χ2n) is 5.92. The van der Waals surface area contributed by atoms with Crippen molar-refractivity contribution in [2.45, 2.75) is 12.6 Å². The van der Waals surface area contributed by atoms with E-state index in [9.17, 15) is 9.90 Å². The highest BCUT2D eigenvalue weighted by atomic mass is 32.1. The lowest BCUT2D eigenvalue weighted by atomic mass is 10.1. The van der Waals surface area contributed by atoms with E-state index >= 15 is 0 Å². The number of nitrogens with zero attached hydrogens (tertiary/aromatic N) is 1. The van der Waals surface area contributed by atoms with E-state index in [-0.39, 0.29) is 11.9 Å². The molecule has 6 heteroatoms. The molecule has 2 aromatic heterocycles. The minimum absolute atomic E-state index is 0.0698. The summed E-state index contributed by atoms with van der Waals surface area (Å²) in [6.45, 7) is 2.93. The zero-order valence-electron chi connectivity index (χ0n) is 13.0. The molecule has 0 amide bonds. The maximum Gasteiger partial charge on any atom is 0.336 e. The van der Waals surface area contributed by atoms with Crippen LogP contribution in [0.2, 0.25) is 0 Å². The third-order valence-electron chi connectivity index (χ3n) is 4.27. The molecule has 0 radical (unpaired) electrons. The van der Waals surface area contributed by atoms with Crippen molar-refractivity contribution in [1.82, 2.24) is 4.90 Å². The summed E-state index contributed by atoms with van der Waals surface area (Å²) in [4.78, 5) is 14.1. The number of hydrogen-bond donors (Lipinski definition) is 1. The Balaban J connectivity index is 1.61. The van der Waals surface area contributed by atoms with E-state index in [1.807, 2.05) is 0 Å². The smallest absolute Gasteiger partial charge is 0.336 e. The third kappa shape index (κ3) is 3.08. The fraction of sp³-hybridized carbons (Fsp3) is 0.278. The molecule has 0 spiro atoms. The topological polar surface area (TPSA) is 62.9 Å². The van der Waals surface area contributed by atoms with Crippen LogP contribution in [0, 0.1) is 0 Å². The first-order valence-electron chi connectivity index (χ1n) is 7.81. The summed E-state index contributed by atoms with van der Waals surface area (Å²) in [6, 6.07) is 8.51. The summed E-state index contributed by atoms with van der Waals surface area (Å²) in [5.74, 6) is 0.0895. The van der Waals surface area contributed by atoms with Gasteiger partial charge in [-0.05, 0) is 40.1 Å². The van der Waals surface area contributed by atoms with Gasteiger partial charge in [-0.1, -0.05) is 0 Å². The Bertz CT molecular complexity index is 903. The minimum Gasteiger partial charge on any atom is -0.508 e. The zero-order valence-corrected chi connectivity index (χ0v) is 13.8. The molecule has 1 saturated heterocycles. The van der Waals surface area contributed by atoms with Gasteiger partial charge in [0.25, 0.3) is 0 Å². The van der Waals surface area contributed by atoms with Crippen LogP contribution >= 0.6 is 11.3 Å². The Hall–Kier alpha value is -2.15. The van der Waals surface area contributed by atoms with Crippen LogP contribution in [-0.4, -0.2) is 29.7 Å². The van der Waals surface area contributed by atoms with Crippen molar-refractivity contribution in [2.75, 3.05) is 19.7 Å². The molecule has 5 nitrogen and oxygen atoms in total. The number of hydrogen-bond acceptors (Lipinski definition) is 6. The fourth-order valence-electron chi connectivity index (χ4n) is 3.10. The largest absolute Gasteiger partial charge is 0.508 e. The Morgan fingerprint density at radius 1 is 1.29 bits per heavy atom. The highest BCUT2D eigenvalue weighted by Crippen LogP contribution is 2.27. The Morgan fingerprint density at radius 2 is 2.21 bits per heavy atom. The number of thiophene rings is 1. The second-order valence-corrected chi connectivity index (χ2v) is 6.70. The molecule has 1 aromatic carbocycles. The Labute approximate surface area is 142 Å². The molecule has 124 valence electrons. The second kappa shape index (κ2) is 6.39. The number of benzene rings is 1. The first kappa shape index (κ1) is 15.4. The van der Waals surface area contributed by atoms with Crippen molar-refractivity contribution in [1.29, 1.82) is 0 Å². The summed E-state index contributed by atoms with van der Waals surface area (Å²) in [7, 11) is 0. The van der Waals surface area contributed by atoms with Gasteiger partial charge in [0.05, 0.1) is 12.7 Å². The van der Waals surface area contributed by atoms with Crippen molar-refractivity contribution < 1.29 is 14.3 Å². The van der Waals surface area contributed by atoms with Crippen molar-refractivity contribution in [3.63, 3.8) is 0 Å². The van der Waals surface area contributed by atoms with Crippen molar-refractivity contribution in [3.8, 4) is 5.75 Å². The average molecular weight is 343 g/mol. The normalized spacial score (nSPS) is 18.9. The maximum absolute atomic E-state index is 11.8. The number of rotatable bonds is 3. The van der Waals surface area contributed by atoms with Crippen LogP contribution in [-0.2, 0) is 11.3 Å². The van der Waals surface area contributed by atoms with E-state index < -0.39 is 5.63 Å². The molecule has 0 bridgehead atoms. The third-order valence-corrected chi connectivity index (χ3v) is 4.97. The molecule has 4 rings (SSSR count). The predicted octanol–water partition coefficient (Wildman–Crippen LogP) is 3.13. The highest BCUT2D eigenvalue weighted by molar-refractivity contribution is 7.07. The SMILES string of the molecule is O=c1cc(CN2CCOC(c3ccsc3)C2)c2ccc(O)cc2o1. The lowest BCUT2D eigenvalue weighted by molar-refractivity contribution is -0.0326. The maximum atomic E-state index is 11.8. The molecule has 0 saturated carbocycles. The molecule has 1 unspecified atom stereocenters. The van der Waals surface area contributed by atoms with Gasteiger partial charge in [0, 0.05) is 37.2 Å². The van der Waals surface area contributed by atoms with Crippen molar-refractivity contribution in [3.05, 3.63) is 62.6 Å². The number of fused-ring (bicyclic) bond motifs is 1. The van der Waals surface area contributed by atoms with Crippen LogP contribution in [0.5, 0.6) is 5.75 Å². The molecule has 1 N–H and O–H groups in total. The van der Waals surface area contributed by atoms with Crippen LogP contribution < -0.4 is 5.63 Å². The number of morpholine rings is 1.